The molecular weight excluding hydrogens is 132 g/mol. The van der Waals surface area contributed by atoms with Gasteiger partial charge < -0.3 is 5.11 Å². The van der Waals surface area contributed by atoms with E-state index in [0.717, 1.165) is 0 Å². The van der Waals surface area contributed by atoms with E-state index in [1.54, 1.807) is 13.8 Å². The summed E-state index contributed by atoms with van der Waals surface area (Å²) in [7, 11) is 0. The van der Waals surface area contributed by atoms with Gasteiger partial charge >= 0.3 is 5.97 Å². The molecule has 0 aliphatic heterocycles. The second-order valence-electron chi connectivity index (χ2n) is 2.32. The monoisotopic (exact) mass is 142 g/mol. The van der Waals surface area contributed by atoms with Crippen LogP contribution in [-0.4, -0.2) is 16.6 Å². The fraction of sp³-hybridized carbons (Fsp3) is 0.500. The molecule has 4 nitrogen and oxygen atoms in total. The number of carbonyl (C=O) groups is 1. The van der Waals surface area contributed by atoms with Crippen LogP contribution >= 0.6 is 0 Å². The molecule has 0 heterocycles. The van der Waals surface area contributed by atoms with Gasteiger partial charge in [-0.2, -0.15) is 0 Å². The smallest absolute Gasteiger partial charge is 0.381 e. The lowest BCUT2D eigenvalue weighted by Gasteiger charge is -2.14. The quantitative estimate of drug-likeness (QED) is 0.257. The van der Waals surface area contributed by atoms with Crippen molar-refractivity contribution in [3.8, 4) is 11.8 Å². The van der Waals surface area contributed by atoms with E-state index in [1.165, 1.54) is 0 Å². The number of carboxylic acids is 1. The van der Waals surface area contributed by atoms with Crippen molar-refractivity contribution in [3.63, 3.8) is 0 Å². The third-order valence-electron chi connectivity index (χ3n) is 0.843. The summed E-state index contributed by atoms with van der Waals surface area (Å²) in [4.78, 5) is 9.92. The van der Waals surface area contributed by atoms with Crippen LogP contribution in [0.4, 0.5) is 0 Å². The first-order valence-corrected chi connectivity index (χ1v) is 2.72. The minimum Gasteiger partial charge on any atom is -0.472 e. The first kappa shape index (κ1) is 8.95. The average Bonchev–Trinajstić information content (AvgIpc) is 1.85. The highest BCUT2D eigenvalue weighted by Crippen LogP contribution is 1.94. The first-order valence-electron chi connectivity index (χ1n) is 2.72. The summed E-state index contributed by atoms with van der Waals surface area (Å²) in [5.74, 6) is 8.28. The second-order valence-corrected chi connectivity index (χ2v) is 2.32. The number of rotatable bonds is 1. The van der Waals surface area contributed by atoms with Gasteiger partial charge in [-0.15, -0.1) is 0 Å². The Morgan fingerprint density at radius 1 is 1.70 bits per heavy atom. The number of carboxylic acid groups (broad SMARTS) is 1. The highest BCUT2D eigenvalue weighted by atomic mass is 16.4. The molecule has 4 N–H and O–H groups in total. The van der Waals surface area contributed by atoms with Crippen LogP contribution in [0.2, 0.25) is 0 Å². The minimum atomic E-state index is -1.15. The number of hydrogen-bond acceptors (Lipinski definition) is 3. The van der Waals surface area contributed by atoms with Crippen LogP contribution in [0.25, 0.3) is 0 Å². The van der Waals surface area contributed by atoms with Crippen LogP contribution in [-0.2, 0) is 4.79 Å². The molecule has 0 rings (SSSR count). The van der Waals surface area contributed by atoms with E-state index in [2.05, 4.69) is 11.3 Å². The predicted octanol–water partition coefficient (Wildman–Crippen LogP) is -0.684. The largest absolute Gasteiger partial charge is 0.472 e. The Balaban J connectivity index is 4.15. The zero-order valence-electron chi connectivity index (χ0n) is 5.93. The Labute approximate surface area is 59.4 Å². The first-order chi connectivity index (χ1) is 4.48. The van der Waals surface area contributed by atoms with E-state index in [0.29, 0.717) is 0 Å². The van der Waals surface area contributed by atoms with Gasteiger partial charge in [0.25, 0.3) is 0 Å². The van der Waals surface area contributed by atoms with E-state index in [-0.39, 0.29) is 0 Å². The standard InChI is InChI=1S/C6H10N2O2/c1-6(2,8-7)4-3-5(9)10/h8H,7H2,1-2H3,(H,9,10). The van der Waals surface area contributed by atoms with Crippen LogP contribution in [0.3, 0.4) is 0 Å². The van der Waals surface area contributed by atoms with Gasteiger partial charge in [-0.05, 0) is 13.8 Å². The van der Waals surface area contributed by atoms with Gasteiger partial charge in [0.05, 0.1) is 5.54 Å². The van der Waals surface area contributed by atoms with E-state index in [1.807, 2.05) is 5.92 Å². The van der Waals surface area contributed by atoms with Crippen molar-refractivity contribution in [3.05, 3.63) is 0 Å². The summed E-state index contributed by atoms with van der Waals surface area (Å²) in [5, 5.41) is 8.13. The number of hydrazine groups is 1. The topological polar surface area (TPSA) is 75.3 Å². The molecule has 0 aromatic heterocycles. The molecular formula is C6H10N2O2. The average molecular weight is 142 g/mol. The molecule has 0 aromatic rings. The highest BCUT2D eigenvalue weighted by Gasteiger charge is 2.09. The molecule has 0 fully saturated rings. The Morgan fingerprint density at radius 2 is 2.20 bits per heavy atom. The van der Waals surface area contributed by atoms with Crippen molar-refractivity contribution in [1.29, 1.82) is 0 Å². The normalized spacial score (nSPS) is 9.90. The minimum absolute atomic E-state index is 0.640. The van der Waals surface area contributed by atoms with Gasteiger partial charge in [0.1, 0.15) is 0 Å². The van der Waals surface area contributed by atoms with Gasteiger partial charge in [-0.25, -0.2) is 10.2 Å². The Bertz CT molecular complexity index is 188. The Morgan fingerprint density at radius 3 is 2.50 bits per heavy atom. The summed E-state index contributed by atoms with van der Waals surface area (Å²) in [6.45, 7) is 3.37. The van der Waals surface area contributed by atoms with Crippen LogP contribution in [0.15, 0.2) is 0 Å². The van der Waals surface area contributed by atoms with E-state index < -0.39 is 11.5 Å². The number of nitrogens with one attached hydrogen (secondary N) is 1. The molecule has 0 saturated heterocycles. The van der Waals surface area contributed by atoms with Gasteiger partial charge in [-0.3, -0.25) is 5.84 Å². The van der Waals surface area contributed by atoms with E-state index in [9.17, 15) is 4.79 Å². The Kier molecular flexibility index (Phi) is 2.87. The maximum atomic E-state index is 9.92. The molecule has 0 radical (unpaired) electrons. The van der Waals surface area contributed by atoms with Crippen LogP contribution in [0, 0.1) is 11.8 Å². The molecule has 0 bridgehead atoms. The number of aliphatic carboxylic acids is 1. The second kappa shape index (κ2) is 3.20. The van der Waals surface area contributed by atoms with Crippen molar-refractivity contribution in [2.24, 2.45) is 5.84 Å². The molecule has 0 unspecified atom stereocenters. The maximum Gasteiger partial charge on any atom is 0.381 e. The Hall–Kier alpha value is -1.05. The number of hydrogen-bond donors (Lipinski definition) is 3. The molecule has 0 atom stereocenters. The lowest BCUT2D eigenvalue weighted by molar-refractivity contribution is -0.130. The summed E-state index contributed by atoms with van der Waals surface area (Å²) >= 11 is 0. The fourth-order valence-electron chi connectivity index (χ4n) is 0.246. The third-order valence-corrected chi connectivity index (χ3v) is 0.843. The van der Waals surface area contributed by atoms with Crippen LogP contribution in [0.5, 0.6) is 0 Å². The molecule has 0 spiro atoms. The van der Waals surface area contributed by atoms with Gasteiger partial charge in [0, 0.05) is 5.92 Å². The molecule has 0 aromatic carbocycles. The summed E-state index contributed by atoms with van der Waals surface area (Å²) in [6, 6.07) is 0. The molecule has 56 valence electrons. The zero-order valence-corrected chi connectivity index (χ0v) is 5.93. The third kappa shape index (κ3) is 3.89. The van der Waals surface area contributed by atoms with Crippen molar-refractivity contribution >= 4 is 5.97 Å². The molecule has 0 aliphatic carbocycles. The van der Waals surface area contributed by atoms with Gasteiger partial charge in [0.2, 0.25) is 0 Å². The predicted molar refractivity (Wildman–Crippen MR) is 36.8 cm³/mol. The fourth-order valence-corrected chi connectivity index (χ4v) is 0.246. The summed E-state index contributed by atoms with van der Waals surface area (Å²) in [5.41, 5.74) is 1.72. The van der Waals surface area contributed by atoms with Crippen LogP contribution in [0.1, 0.15) is 13.8 Å². The summed E-state index contributed by atoms with van der Waals surface area (Å²) < 4.78 is 0. The summed E-state index contributed by atoms with van der Waals surface area (Å²) in [6.07, 6.45) is 0. The van der Waals surface area contributed by atoms with E-state index in [4.69, 9.17) is 10.9 Å². The van der Waals surface area contributed by atoms with Crippen molar-refractivity contribution in [2.75, 3.05) is 0 Å². The maximum absolute atomic E-state index is 9.92. The lowest BCUT2D eigenvalue weighted by Crippen LogP contribution is -2.42. The number of nitrogens with two attached hydrogens (primary N) is 1. The zero-order chi connectivity index (χ0) is 8.20. The van der Waals surface area contributed by atoms with Crippen molar-refractivity contribution in [2.45, 2.75) is 19.4 Å². The molecule has 10 heavy (non-hydrogen) atoms. The van der Waals surface area contributed by atoms with Crippen LogP contribution < -0.4 is 11.3 Å². The highest BCUT2D eigenvalue weighted by molar-refractivity contribution is 5.86. The molecule has 0 amide bonds. The van der Waals surface area contributed by atoms with E-state index >= 15 is 0 Å². The van der Waals surface area contributed by atoms with Crippen molar-refractivity contribution < 1.29 is 9.90 Å². The molecule has 0 saturated carbocycles. The lowest BCUT2D eigenvalue weighted by atomic mass is 10.1. The molecule has 0 aliphatic rings. The van der Waals surface area contributed by atoms with Gasteiger partial charge in [0.15, 0.2) is 0 Å². The SMILES string of the molecule is CC(C)(C#CC(=O)O)NN. The van der Waals surface area contributed by atoms with Crippen molar-refractivity contribution in [1.82, 2.24) is 5.43 Å². The molecule has 4 heteroatoms. The van der Waals surface area contributed by atoms with Gasteiger partial charge in [-0.1, -0.05) is 5.92 Å².